The van der Waals surface area contributed by atoms with Crippen LogP contribution in [-0.4, -0.2) is 0 Å². The highest BCUT2D eigenvalue weighted by Gasteiger charge is 2.24. The fraction of sp³-hybridized carbons (Fsp3) is 0.200. The predicted octanol–water partition coefficient (Wildman–Crippen LogP) is 3.50. The molecule has 0 fully saturated rings. The Morgan fingerprint density at radius 2 is 1.20 bits per heavy atom. The van der Waals surface area contributed by atoms with Gasteiger partial charge < -0.3 is 0 Å². The lowest BCUT2D eigenvalue weighted by molar-refractivity contribution is 0.370. The summed E-state index contributed by atoms with van der Waals surface area (Å²) in [6.45, 7) is 3.29. The third-order valence-electron chi connectivity index (χ3n) is 1.90. The molecule has 1 aromatic rings. The van der Waals surface area contributed by atoms with Gasteiger partial charge in [0.25, 0.3) is 0 Å². The maximum Gasteiger partial charge on any atom is 0.200 e. The van der Waals surface area contributed by atoms with Gasteiger partial charge in [-0.25, -0.2) is 22.0 Å². The van der Waals surface area contributed by atoms with Crippen LogP contribution in [0.25, 0.3) is 0 Å². The summed E-state index contributed by atoms with van der Waals surface area (Å²) in [6, 6.07) is 0. The smallest absolute Gasteiger partial charge is 0.200 e. The van der Waals surface area contributed by atoms with Crippen LogP contribution < -0.4 is 0 Å². The van der Waals surface area contributed by atoms with Crippen LogP contribution in [0, 0.1) is 29.1 Å². The lowest BCUT2D eigenvalue weighted by Crippen LogP contribution is -2.06. The Hall–Kier alpha value is -1.39. The normalized spacial score (nSPS) is 10.5. The molecule has 0 amide bonds. The standard InChI is InChI=1S/C10H7F5/c1-2-3-4-5-6(11)8(13)10(15)9(14)7(5)12/h2H,1,3-4H2. The second-order valence-electron chi connectivity index (χ2n) is 2.88. The SMILES string of the molecule is C=CCCc1c(F)c(F)c(F)c(F)c1F. The Balaban J connectivity index is 3.31. The lowest BCUT2D eigenvalue weighted by atomic mass is 10.1. The minimum Gasteiger partial charge on any atom is -0.203 e. The molecule has 5 heteroatoms. The van der Waals surface area contributed by atoms with Crippen LogP contribution >= 0.6 is 0 Å². The lowest BCUT2D eigenvalue weighted by Gasteiger charge is -2.06. The summed E-state index contributed by atoms with van der Waals surface area (Å²) in [5.41, 5.74) is -0.800. The molecular weight excluding hydrogens is 215 g/mol. The van der Waals surface area contributed by atoms with Gasteiger partial charge in [0.1, 0.15) is 0 Å². The van der Waals surface area contributed by atoms with Gasteiger partial charge in [-0.05, 0) is 12.8 Å². The van der Waals surface area contributed by atoms with E-state index in [0.29, 0.717) is 0 Å². The average Bonchev–Trinajstić information content (AvgIpc) is 2.24. The molecule has 0 unspecified atom stereocenters. The highest BCUT2D eigenvalue weighted by molar-refractivity contribution is 5.24. The summed E-state index contributed by atoms with van der Waals surface area (Å²) in [4.78, 5) is 0. The van der Waals surface area contributed by atoms with Crippen LogP contribution in [0.4, 0.5) is 22.0 Å². The van der Waals surface area contributed by atoms with E-state index in [1.807, 2.05) is 0 Å². The molecule has 1 aromatic carbocycles. The van der Waals surface area contributed by atoms with E-state index in [1.54, 1.807) is 0 Å². The van der Waals surface area contributed by atoms with Gasteiger partial charge in [0, 0.05) is 5.56 Å². The fourth-order valence-corrected chi connectivity index (χ4v) is 1.12. The average molecular weight is 222 g/mol. The number of benzene rings is 1. The number of hydrogen-bond donors (Lipinski definition) is 0. The third kappa shape index (κ3) is 2.00. The van der Waals surface area contributed by atoms with Gasteiger partial charge in [-0.3, -0.25) is 0 Å². The first kappa shape index (κ1) is 11.7. The second-order valence-corrected chi connectivity index (χ2v) is 2.88. The van der Waals surface area contributed by atoms with Gasteiger partial charge in [0.15, 0.2) is 23.3 Å². The van der Waals surface area contributed by atoms with Gasteiger partial charge >= 0.3 is 0 Å². The van der Waals surface area contributed by atoms with Crippen LogP contribution in [0.2, 0.25) is 0 Å². The van der Waals surface area contributed by atoms with Crippen molar-refractivity contribution >= 4 is 0 Å². The van der Waals surface area contributed by atoms with E-state index in [1.165, 1.54) is 6.08 Å². The van der Waals surface area contributed by atoms with Gasteiger partial charge in [-0.1, -0.05) is 6.08 Å². The number of halogens is 5. The van der Waals surface area contributed by atoms with Crippen molar-refractivity contribution in [2.75, 3.05) is 0 Å². The van der Waals surface area contributed by atoms with Crippen molar-refractivity contribution in [3.8, 4) is 0 Å². The van der Waals surface area contributed by atoms with Gasteiger partial charge in [0.05, 0.1) is 0 Å². The molecular formula is C10H7F5. The number of rotatable bonds is 3. The van der Waals surface area contributed by atoms with Crippen molar-refractivity contribution in [1.82, 2.24) is 0 Å². The Morgan fingerprint density at radius 1 is 0.800 bits per heavy atom. The zero-order valence-electron chi connectivity index (χ0n) is 7.59. The Kier molecular flexibility index (Phi) is 3.44. The molecule has 0 heterocycles. The topological polar surface area (TPSA) is 0 Å². The highest BCUT2D eigenvalue weighted by Crippen LogP contribution is 2.23. The van der Waals surface area contributed by atoms with Crippen LogP contribution in [-0.2, 0) is 6.42 Å². The van der Waals surface area contributed by atoms with Crippen molar-refractivity contribution in [3.63, 3.8) is 0 Å². The van der Waals surface area contributed by atoms with Crippen LogP contribution in [0.1, 0.15) is 12.0 Å². The molecule has 0 spiro atoms. The zero-order chi connectivity index (χ0) is 11.6. The van der Waals surface area contributed by atoms with Gasteiger partial charge in [-0.15, -0.1) is 6.58 Å². The first-order valence-electron chi connectivity index (χ1n) is 4.11. The maximum atomic E-state index is 13.0. The van der Waals surface area contributed by atoms with Crippen LogP contribution in [0.5, 0.6) is 0 Å². The summed E-state index contributed by atoms with van der Waals surface area (Å²) in [6.07, 6.45) is 1.20. The molecule has 1 rings (SSSR count). The largest absolute Gasteiger partial charge is 0.203 e. The van der Waals surface area contributed by atoms with Crippen molar-refractivity contribution in [1.29, 1.82) is 0 Å². The monoisotopic (exact) mass is 222 g/mol. The molecule has 0 nitrogen and oxygen atoms in total. The summed E-state index contributed by atoms with van der Waals surface area (Å²) in [7, 11) is 0. The van der Waals surface area contributed by atoms with E-state index in [-0.39, 0.29) is 12.8 Å². The van der Waals surface area contributed by atoms with Crippen LogP contribution in [0.15, 0.2) is 12.7 Å². The van der Waals surface area contributed by atoms with Crippen molar-refractivity contribution in [2.45, 2.75) is 12.8 Å². The summed E-state index contributed by atoms with van der Waals surface area (Å²) < 4.78 is 63.8. The molecule has 0 saturated carbocycles. The maximum absolute atomic E-state index is 13.0. The molecule has 0 aliphatic heterocycles. The minimum absolute atomic E-state index is 0.137. The first-order valence-corrected chi connectivity index (χ1v) is 4.11. The first-order chi connectivity index (χ1) is 7.00. The Morgan fingerprint density at radius 3 is 1.60 bits per heavy atom. The summed E-state index contributed by atoms with van der Waals surface area (Å²) in [5.74, 6) is -9.49. The fourth-order valence-electron chi connectivity index (χ4n) is 1.12. The van der Waals surface area contributed by atoms with E-state index < -0.39 is 34.6 Å². The van der Waals surface area contributed by atoms with Gasteiger partial charge in [-0.2, -0.15) is 0 Å². The highest BCUT2D eigenvalue weighted by atomic mass is 19.2. The molecule has 15 heavy (non-hydrogen) atoms. The molecule has 82 valence electrons. The quantitative estimate of drug-likeness (QED) is 0.318. The Bertz CT molecular complexity index is 368. The predicted molar refractivity (Wildman–Crippen MR) is 44.8 cm³/mol. The van der Waals surface area contributed by atoms with Gasteiger partial charge in [0.2, 0.25) is 5.82 Å². The van der Waals surface area contributed by atoms with E-state index in [9.17, 15) is 22.0 Å². The molecule has 0 N–H and O–H groups in total. The number of allylic oxidation sites excluding steroid dienone is 1. The second kappa shape index (κ2) is 4.42. The Labute approximate surface area is 83.0 Å². The van der Waals surface area contributed by atoms with E-state index in [0.717, 1.165) is 0 Å². The van der Waals surface area contributed by atoms with Crippen molar-refractivity contribution in [3.05, 3.63) is 47.3 Å². The van der Waals surface area contributed by atoms with E-state index >= 15 is 0 Å². The molecule has 0 aromatic heterocycles. The zero-order valence-corrected chi connectivity index (χ0v) is 7.59. The molecule has 0 radical (unpaired) electrons. The van der Waals surface area contributed by atoms with E-state index in [4.69, 9.17) is 0 Å². The summed E-state index contributed by atoms with van der Waals surface area (Å²) in [5, 5.41) is 0. The van der Waals surface area contributed by atoms with Crippen molar-refractivity contribution < 1.29 is 22.0 Å². The van der Waals surface area contributed by atoms with Crippen LogP contribution in [0.3, 0.4) is 0 Å². The van der Waals surface area contributed by atoms with E-state index in [2.05, 4.69) is 6.58 Å². The minimum atomic E-state index is -2.13. The number of hydrogen-bond acceptors (Lipinski definition) is 0. The molecule has 0 aliphatic rings. The summed E-state index contributed by atoms with van der Waals surface area (Å²) >= 11 is 0. The van der Waals surface area contributed by atoms with Crippen molar-refractivity contribution in [2.24, 2.45) is 0 Å². The molecule has 0 aliphatic carbocycles. The molecule has 0 bridgehead atoms. The third-order valence-corrected chi connectivity index (χ3v) is 1.90. The molecule has 0 atom stereocenters. The molecule has 0 saturated heterocycles.